The largest absolute Gasteiger partial charge is 0.481 e. The lowest BCUT2D eigenvalue weighted by molar-refractivity contribution is 0.267. The number of nitrogens with zero attached hydrogens (tertiary/aromatic N) is 1. The molecule has 4 nitrogen and oxygen atoms in total. The van der Waals surface area contributed by atoms with Crippen molar-refractivity contribution >= 4 is 0 Å². The fourth-order valence-corrected chi connectivity index (χ4v) is 2.64. The van der Waals surface area contributed by atoms with Gasteiger partial charge in [-0.1, -0.05) is 18.9 Å². The molecule has 2 rings (SSSR count). The van der Waals surface area contributed by atoms with Gasteiger partial charge in [0.2, 0.25) is 5.88 Å². The number of aromatic nitrogens is 1. The molecule has 1 aromatic rings. The van der Waals surface area contributed by atoms with Crippen molar-refractivity contribution in [2.75, 3.05) is 13.7 Å². The monoisotopic (exact) mass is 249 g/mol. The maximum absolute atomic E-state index is 5.83. The van der Waals surface area contributed by atoms with Crippen molar-refractivity contribution in [1.29, 1.82) is 0 Å². The Morgan fingerprint density at radius 1 is 1.39 bits per heavy atom. The number of hydrogen-bond acceptors (Lipinski definition) is 4. The van der Waals surface area contributed by atoms with Gasteiger partial charge in [-0.05, 0) is 30.9 Å². The molecule has 1 aliphatic carbocycles. The molecule has 0 amide bonds. The van der Waals surface area contributed by atoms with Crippen molar-refractivity contribution in [3.05, 3.63) is 23.9 Å². The number of hydrogen-bond donors (Lipinski definition) is 2. The van der Waals surface area contributed by atoms with Crippen LogP contribution in [-0.4, -0.2) is 24.7 Å². The zero-order valence-corrected chi connectivity index (χ0v) is 11.1. The molecule has 0 saturated heterocycles. The predicted molar refractivity (Wildman–Crippen MR) is 72.4 cm³/mol. The van der Waals surface area contributed by atoms with Gasteiger partial charge in [0.05, 0.1) is 7.11 Å². The average Bonchev–Trinajstić information content (AvgIpc) is 2.46. The summed E-state index contributed by atoms with van der Waals surface area (Å²) in [6, 6.07) is 4.52. The minimum absolute atomic E-state index is 0.561. The van der Waals surface area contributed by atoms with Crippen LogP contribution in [0.3, 0.4) is 0 Å². The predicted octanol–water partition coefficient (Wildman–Crippen LogP) is 1.70. The highest BCUT2D eigenvalue weighted by atomic mass is 16.5. The van der Waals surface area contributed by atoms with Crippen LogP contribution in [0.2, 0.25) is 0 Å². The van der Waals surface area contributed by atoms with Crippen LogP contribution in [0.4, 0.5) is 0 Å². The van der Waals surface area contributed by atoms with Crippen LogP contribution in [0.5, 0.6) is 5.88 Å². The van der Waals surface area contributed by atoms with E-state index in [0.29, 0.717) is 17.8 Å². The van der Waals surface area contributed by atoms with E-state index in [1.165, 1.54) is 31.2 Å². The van der Waals surface area contributed by atoms with E-state index >= 15 is 0 Å². The summed E-state index contributed by atoms with van der Waals surface area (Å²) in [5.74, 6) is 1.29. The fraction of sp³-hybridized carbons (Fsp3) is 0.643. The Kier molecular flexibility index (Phi) is 4.96. The van der Waals surface area contributed by atoms with Crippen LogP contribution in [-0.2, 0) is 6.54 Å². The molecule has 1 aliphatic rings. The van der Waals surface area contributed by atoms with Crippen LogP contribution in [0.1, 0.15) is 31.2 Å². The molecular weight excluding hydrogens is 226 g/mol. The van der Waals surface area contributed by atoms with Crippen LogP contribution in [0, 0.1) is 5.92 Å². The molecule has 100 valence electrons. The highest BCUT2D eigenvalue weighted by Crippen LogP contribution is 2.23. The molecule has 1 saturated carbocycles. The van der Waals surface area contributed by atoms with E-state index in [9.17, 15) is 0 Å². The second kappa shape index (κ2) is 6.71. The van der Waals surface area contributed by atoms with Gasteiger partial charge in [-0.25, -0.2) is 4.98 Å². The maximum atomic E-state index is 5.83. The van der Waals surface area contributed by atoms with Gasteiger partial charge < -0.3 is 15.8 Å². The Morgan fingerprint density at radius 3 is 2.89 bits per heavy atom. The summed E-state index contributed by atoms with van der Waals surface area (Å²) in [5.41, 5.74) is 7.02. The highest BCUT2D eigenvalue weighted by Gasteiger charge is 2.23. The zero-order chi connectivity index (χ0) is 12.8. The molecule has 0 aliphatic heterocycles. The van der Waals surface area contributed by atoms with E-state index < -0.39 is 0 Å². The Balaban J connectivity index is 1.85. The Hall–Kier alpha value is -1.13. The first-order valence-electron chi connectivity index (χ1n) is 6.76. The van der Waals surface area contributed by atoms with E-state index in [4.69, 9.17) is 10.5 Å². The molecule has 0 radical (unpaired) electrons. The summed E-state index contributed by atoms with van der Waals surface area (Å²) in [5, 5.41) is 3.62. The normalized spacial score (nSPS) is 23.9. The third-order valence-corrected chi connectivity index (χ3v) is 3.79. The summed E-state index contributed by atoms with van der Waals surface area (Å²) < 4.78 is 5.05. The zero-order valence-electron chi connectivity index (χ0n) is 11.1. The van der Waals surface area contributed by atoms with Gasteiger partial charge in [0, 0.05) is 24.8 Å². The van der Waals surface area contributed by atoms with Gasteiger partial charge in [-0.2, -0.15) is 0 Å². The van der Waals surface area contributed by atoms with Crippen LogP contribution in [0.25, 0.3) is 0 Å². The van der Waals surface area contributed by atoms with Gasteiger partial charge >= 0.3 is 0 Å². The number of ether oxygens (including phenoxy) is 1. The van der Waals surface area contributed by atoms with Gasteiger partial charge in [0.1, 0.15) is 0 Å². The van der Waals surface area contributed by atoms with E-state index in [1.54, 1.807) is 7.11 Å². The van der Waals surface area contributed by atoms with Crippen LogP contribution < -0.4 is 15.8 Å². The molecule has 0 aromatic carbocycles. The molecule has 4 heteroatoms. The molecule has 1 fully saturated rings. The van der Waals surface area contributed by atoms with Crippen molar-refractivity contribution in [2.24, 2.45) is 11.7 Å². The fourth-order valence-electron chi connectivity index (χ4n) is 2.64. The minimum Gasteiger partial charge on any atom is -0.481 e. The van der Waals surface area contributed by atoms with Crippen molar-refractivity contribution in [3.63, 3.8) is 0 Å². The topological polar surface area (TPSA) is 60.2 Å². The first kappa shape index (κ1) is 13.3. The van der Waals surface area contributed by atoms with Crippen molar-refractivity contribution < 1.29 is 4.74 Å². The molecule has 1 aromatic heterocycles. The van der Waals surface area contributed by atoms with Gasteiger partial charge in [0.25, 0.3) is 0 Å². The summed E-state index contributed by atoms with van der Waals surface area (Å²) in [4.78, 5) is 4.21. The Bertz CT molecular complexity index is 353. The molecular formula is C14H23N3O. The molecule has 2 unspecified atom stereocenters. The second-order valence-electron chi connectivity index (χ2n) is 4.98. The SMILES string of the molecule is COc1ccc(CNC2CCCCC2CN)cn1. The molecule has 18 heavy (non-hydrogen) atoms. The number of nitrogens with two attached hydrogens (primary N) is 1. The Labute approximate surface area is 109 Å². The third-order valence-electron chi connectivity index (χ3n) is 3.79. The number of rotatable bonds is 5. The lowest BCUT2D eigenvalue weighted by Gasteiger charge is -2.31. The lowest BCUT2D eigenvalue weighted by Crippen LogP contribution is -2.41. The van der Waals surface area contributed by atoms with Crippen molar-refractivity contribution in [1.82, 2.24) is 10.3 Å². The van der Waals surface area contributed by atoms with Gasteiger partial charge in [0.15, 0.2) is 0 Å². The lowest BCUT2D eigenvalue weighted by atomic mass is 9.84. The van der Waals surface area contributed by atoms with Crippen molar-refractivity contribution in [3.8, 4) is 5.88 Å². The van der Waals surface area contributed by atoms with Gasteiger partial charge in [-0.15, -0.1) is 0 Å². The standard InChI is InChI=1S/C14H23N3O/c1-18-14-7-6-11(10-17-14)9-16-13-5-3-2-4-12(13)8-15/h6-7,10,12-13,16H,2-5,8-9,15H2,1H3. The summed E-state index contributed by atoms with van der Waals surface area (Å²) in [7, 11) is 1.63. The third kappa shape index (κ3) is 3.43. The molecule has 2 atom stereocenters. The van der Waals surface area contributed by atoms with Crippen molar-refractivity contribution in [2.45, 2.75) is 38.3 Å². The average molecular weight is 249 g/mol. The quantitative estimate of drug-likeness (QED) is 0.834. The van der Waals surface area contributed by atoms with E-state index in [0.717, 1.165) is 13.1 Å². The smallest absolute Gasteiger partial charge is 0.212 e. The van der Waals surface area contributed by atoms with E-state index in [1.807, 2.05) is 12.3 Å². The van der Waals surface area contributed by atoms with E-state index in [-0.39, 0.29) is 0 Å². The van der Waals surface area contributed by atoms with Gasteiger partial charge in [-0.3, -0.25) is 0 Å². The molecule has 0 bridgehead atoms. The highest BCUT2D eigenvalue weighted by molar-refractivity contribution is 5.17. The summed E-state index contributed by atoms with van der Waals surface area (Å²) >= 11 is 0. The van der Waals surface area contributed by atoms with Crippen LogP contribution >= 0.6 is 0 Å². The molecule has 0 spiro atoms. The first-order valence-corrected chi connectivity index (χ1v) is 6.76. The minimum atomic E-state index is 0.561. The van der Waals surface area contributed by atoms with E-state index in [2.05, 4.69) is 16.4 Å². The maximum Gasteiger partial charge on any atom is 0.212 e. The Morgan fingerprint density at radius 2 is 2.22 bits per heavy atom. The molecule has 3 N–H and O–H groups in total. The molecule has 1 heterocycles. The second-order valence-corrected chi connectivity index (χ2v) is 4.98. The number of pyridine rings is 1. The number of methoxy groups -OCH3 is 1. The van der Waals surface area contributed by atoms with Crippen LogP contribution in [0.15, 0.2) is 18.3 Å². The summed E-state index contributed by atoms with van der Waals surface area (Å²) in [6.07, 6.45) is 7.01. The first-order chi connectivity index (χ1) is 8.83. The number of nitrogens with one attached hydrogen (secondary N) is 1. The summed E-state index contributed by atoms with van der Waals surface area (Å²) in [6.45, 7) is 1.65.